The fraction of sp³-hybridized carbons (Fsp3) is 0.714. The molecule has 0 bridgehead atoms. The predicted molar refractivity (Wildman–Crippen MR) is 82.9 cm³/mol. The van der Waals surface area contributed by atoms with Gasteiger partial charge in [-0.3, -0.25) is 4.79 Å². The van der Waals surface area contributed by atoms with Crippen LogP contribution in [-0.2, 0) is 6.54 Å². The summed E-state index contributed by atoms with van der Waals surface area (Å²) in [5.41, 5.74) is -0.144. The van der Waals surface area contributed by atoms with Crippen LogP contribution >= 0.6 is 15.9 Å². The Balaban J connectivity index is 2.27. The van der Waals surface area contributed by atoms with Crippen molar-refractivity contribution in [2.45, 2.75) is 51.6 Å². The molecule has 1 atom stereocenters. The Morgan fingerprint density at radius 1 is 1.60 bits per heavy atom. The molecule has 1 unspecified atom stereocenters. The van der Waals surface area contributed by atoms with Gasteiger partial charge in [-0.15, -0.1) is 0 Å². The van der Waals surface area contributed by atoms with Gasteiger partial charge in [0.1, 0.15) is 5.69 Å². The fourth-order valence-corrected chi connectivity index (χ4v) is 2.53. The zero-order valence-electron chi connectivity index (χ0n) is 12.0. The summed E-state index contributed by atoms with van der Waals surface area (Å²) in [4.78, 5) is 12.5. The molecule has 1 fully saturated rings. The van der Waals surface area contributed by atoms with E-state index in [0.717, 1.165) is 6.42 Å². The van der Waals surface area contributed by atoms with Crippen LogP contribution in [0.2, 0.25) is 0 Å². The number of rotatable bonds is 6. The number of nitrogens with zero attached hydrogens (tertiary/aromatic N) is 2. The second-order valence-electron chi connectivity index (χ2n) is 5.85. The summed E-state index contributed by atoms with van der Waals surface area (Å²) in [5.74, 6) is 0.574. The van der Waals surface area contributed by atoms with Crippen LogP contribution in [0, 0.1) is 5.92 Å². The highest BCUT2D eigenvalue weighted by Crippen LogP contribution is 2.28. The molecule has 0 aliphatic heterocycles. The molecular weight excluding hydrogens is 322 g/mol. The first-order valence-electron chi connectivity index (χ1n) is 7.14. The predicted octanol–water partition coefficient (Wildman–Crippen LogP) is 2.38. The van der Waals surface area contributed by atoms with E-state index in [2.05, 4.69) is 26.3 Å². The number of aromatic nitrogens is 2. The van der Waals surface area contributed by atoms with Crippen molar-refractivity contribution in [3.63, 3.8) is 0 Å². The molecule has 6 heteroatoms. The minimum Gasteiger partial charge on any atom is -0.394 e. The molecule has 0 saturated heterocycles. The largest absolute Gasteiger partial charge is 0.394 e. The van der Waals surface area contributed by atoms with Gasteiger partial charge in [0.2, 0.25) is 0 Å². The third-order valence-corrected chi connectivity index (χ3v) is 4.81. The summed E-state index contributed by atoms with van der Waals surface area (Å²) in [5, 5.41) is 16.9. The van der Waals surface area contributed by atoms with Crippen molar-refractivity contribution in [1.29, 1.82) is 0 Å². The van der Waals surface area contributed by atoms with E-state index >= 15 is 0 Å². The number of hydrogen-bond acceptors (Lipinski definition) is 4. The molecule has 20 heavy (non-hydrogen) atoms. The molecule has 1 saturated carbocycles. The van der Waals surface area contributed by atoms with Crippen LogP contribution in [0.25, 0.3) is 0 Å². The molecule has 1 aromatic heterocycles. The molecule has 0 amide bonds. The first-order valence-corrected chi connectivity index (χ1v) is 7.93. The Labute approximate surface area is 127 Å². The Kier molecular flexibility index (Phi) is 4.86. The van der Waals surface area contributed by atoms with Crippen molar-refractivity contribution in [1.82, 2.24) is 9.78 Å². The first-order chi connectivity index (χ1) is 9.49. The molecule has 1 aliphatic rings. The van der Waals surface area contributed by atoms with Gasteiger partial charge in [-0.05, 0) is 48.0 Å². The smallest absolute Gasteiger partial charge is 0.291 e. The van der Waals surface area contributed by atoms with Crippen LogP contribution in [-0.4, -0.2) is 27.0 Å². The highest BCUT2D eigenvalue weighted by atomic mass is 79.9. The monoisotopic (exact) mass is 343 g/mol. The lowest BCUT2D eigenvalue weighted by molar-refractivity contribution is 0.218. The van der Waals surface area contributed by atoms with Gasteiger partial charge in [-0.2, -0.15) is 5.10 Å². The van der Waals surface area contributed by atoms with E-state index in [1.165, 1.54) is 23.9 Å². The quantitative estimate of drug-likeness (QED) is 0.832. The first kappa shape index (κ1) is 15.5. The van der Waals surface area contributed by atoms with Gasteiger partial charge in [-0.25, -0.2) is 4.68 Å². The minimum atomic E-state index is -0.503. The Morgan fingerprint density at radius 3 is 2.80 bits per heavy atom. The number of halogens is 1. The van der Waals surface area contributed by atoms with Gasteiger partial charge >= 0.3 is 0 Å². The number of aliphatic hydroxyl groups excluding tert-OH is 1. The fourth-order valence-electron chi connectivity index (χ4n) is 2.17. The maximum absolute atomic E-state index is 12.5. The lowest BCUT2D eigenvalue weighted by Gasteiger charge is -2.29. The van der Waals surface area contributed by atoms with E-state index in [4.69, 9.17) is 0 Å². The van der Waals surface area contributed by atoms with Crippen molar-refractivity contribution in [3.05, 3.63) is 21.0 Å². The molecule has 0 radical (unpaired) electrons. The lowest BCUT2D eigenvalue weighted by atomic mass is 9.85. The van der Waals surface area contributed by atoms with Crippen molar-refractivity contribution < 1.29 is 5.11 Å². The second-order valence-corrected chi connectivity index (χ2v) is 6.70. The van der Waals surface area contributed by atoms with E-state index < -0.39 is 5.54 Å². The topological polar surface area (TPSA) is 67.2 Å². The third kappa shape index (κ3) is 3.23. The van der Waals surface area contributed by atoms with Crippen molar-refractivity contribution in [3.8, 4) is 0 Å². The van der Waals surface area contributed by atoms with Crippen LogP contribution in [0.5, 0.6) is 0 Å². The van der Waals surface area contributed by atoms with Crippen molar-refractivity contribution >= 4 is 21.6 Å². The number of nitrogens with one attached hydrogen (secondary N) is 1. The zero-order chi connectivity index (χ0) is 14.8. The number of anilines is 1. The van der Waals surface area contributed by atoms with E-state index in [0.29, 0.717) is 22.6 Å². The molecule has 112 valence electrons. The molecule has 2 N–H and O–H groups in total. The molecular formula is C14H22BrN3O2. The summed E-state index contributed by atoms with van der Waals surface area (Å²) in [6.45, 7) is 4.53. The van der Waals surface area contributed by atoms with Gasteiger partial charge < -0.3 is 10.4 Å². The highest BCUT2D eigenvalue weighted by molar-refractivity contribution is 9.10. The molecule has 1 heterocycles. The third-order valence-electron chi connectivity index (χ3n) is 4.21. The summed E-state index contributed by atoms with van der Waals surface area (Å²) < 4.78 is 2.17. The zero-order valence-corrected chi connectivity index (χ0v) is 13.6. The minimum absolute atomic E-state index is 0.0275. The normalized spacial score (nSPS) is 18.4. The SMILES string of the molecule is CCC(C)(CO)Nc1c(Br)cnn(CC2CCC2)c1=O. The molecule has 0 spiro atoms. The van der Waals surface area contributed by atoms with Gasteiger partial charge in [0.15, 0.2) is 0 Å². The van der Waals surface area contributed by atoms with Crippen LogP contribution in [0.15, 0.2) is 15.5 Å². The Hall–Kier alpha value is -0.880. The van der Waals surface area contributed by atoms with Crippen LogP contribution in [0.4, 0.5) is 5.69 Å². The van der Waals surface area contributed by atoms with Crippen LogP contribution in [0.1, 0.15) is 39.5 Å². The average Bonchev–Trinajstić information content (AvgIpc) is 2.40. The summed E-state index contributed by atoms with van der Waals surface area (Å²) in [7, 11) is 0. The van der Waals surface area contributed by atoms with Crippen molar-refractivity contribution in [2.24, 2.45) is 5.92 Å². The molecule has 1 aromatic rings. The molecule has 1 aliphatic carbocycles. The maximum Gasteiger partial charge on any atom is 0.291 e. The number of hydrogen-bond donors (Lipinski definition) is 2. The summed E-state index contributed by atoms with van der Waals surface area (Å²) in [6.07, 6.45) is 5.97. The lowest BCUT2D eigenvalue weighted by Crippen LogP contribution is -2.41. The maximum atomic E-state index is 12.5. The van der Waals surface area contributed by atoms with Crippen LogP contribution < -0.4 is 10.9 Å². The summed E-state index contributed by atoms with van der Waals surface area (Å²) >= 11 is 3.37. The average molecular weight is 344 g/mol. The highest BCUT2D eigenvalue weighted by Gasteiger charge is 2.25. The van der Waals surface area contributed by atoms with E-state index in [-0.39, 0.29) is 12.2 Å². The Bertz CT molecular complexity index is 522. The standard InChI is InChI=1S/C14H22BrN3O2/c1-3-14(2,9-19)17-12-11(15)7-16-18(13(12)20)8-10-5-4-6-10/h7,10,17,19H,3-6,8-9H2,1-2H3. The van der Waals surface area contributed by atoms with E-state index in [1.54, 1.807) is 6.20 Å². The van der Waals surface area contributed by atoms with Gasteiger partial charge in [0.25, 0.3) is 5.56 Å². The Morgan fingerprint density at radius 2 is 2.30 bits per heavy atom. The summed E-state index contributed by atoms with van der Waals surface area (Å²) in [6, 6.07) is 0. The van der Waals surface area contributed by atoms with E-state index in [1.807, 2.05) is 13.8 Å². The second kappa shape index (κ2) is 6.26. The molecule has 2 rings (SSSR count). The van der Waals surface area contributed by atoms with Crippen LogP contribution in [0.3, 0.4) is 0 Å². The molecule has 5 nitrogen and oxygen atoms in total. The van der Waals surface area contributed by atoms with E-state index in [9.17, 15) is 9.90 Å². The van der Waals surface area contributed by atoms with Gasteiger partial charge in [0, 0.05) is 6.54 Å². The van der Waals surface area contributed by atoms with Gasteiger partial charge in [0.05, 0.1) is 22.8 Å². The molecule has 0 aromatic carbocycles. The number of aliphatic hydroxyl groups is 1. The van der Waals surface area contributed by atoms with Crippen molar-refractivity contribution in [2.75, 3.05) is 11.9 Å². The van der Waals surface area contributed by atoms with Gasteiger partial charge in [-0.1, -0.05) is 13.3 Å².